The summed E-state index contributed by atoms with van der Waals surface area (Å²) < 4.78 is 28.7. The summed E-state index contributed by atoms with van der Waals surface area (Å²) in [6.45, 7) is 2.03. The molecule has 0 saturated carbocycles. The van der Waals surface area contributed by atoms with Crippen LogP contribution in [0.4, 0.5) is 8.78 Å². The fourth-order valence-electron chi connectivity index (χ4n) is 2.10. The number of hydrogen-bond donors (Lipinski definition) is 2. The molecule has 0 aliphatic rings. The van der Waals surface area contributed by atoms with E-state index in [-0.39, 0.29) is 0 Å². The van der Waals surface area contributed by atoms with Crippen LogP contribution >= 0.6 is 0 Å². The van der Waals surface area contributed by atoms with E-state index in [0.717, 1.165) is 19.2 Å². The van der Waals surface area contributed by atoms with Crippen LogP contribution in [0.15, 0.2) is 47.7 Å². The van der Waals surface area contributed by atoms with Crippen LogP contribution in [0.1, 0.15) is 5.56 Å². The smallest absolute Gasteiger partial charge is 0.191 e. The molecule has 2 aromatic rings. The number of nitrogens with zero attached hydrogens (tertiary/aromatic N) is 2. The number of guanidine groups is 1. The number of halogens is 2. The Bertz CT molecular complexity index is 609. The molecule has 0 aliphatic carbocycles. The molecule has 4 nitrogen and oxygen atoms in total. The van der Waals surface area contributed by atoms with Gasteiger partial charge in [-0.1, -0.05) is 12.1 Å². The van der Waals surface area contributed by atoms with E-state index in [0.29, 0.717) is 24.5 Å². The van der Waals surface area contributed by atoms with Crippen LogP contribution in [0.3, 0.4) is 0 Å². The van der Waals surface area contributed by atoms with Gasteiger partial charge >= 0.3 is 0 Å². The van der Waals surface area contributed by atoms with Gasteiger partial charge < -0.3 is 15.2 Å². The molecule has 2 N–H and O–H groups in total. The Morgan fingerprint density at radius 1 is 1.09 bits per heavy atom. The quantitative estimate of drug-likeness (QED) is 0.634. The second-order valence-electron chi connectivity index (χ2n) is 4.81. The van der Waals surface area contributed by atoms with Crippen LogP contribution in [-0.4, -0.2) is 30.7 Å². The first-order valence-electron chi connectivity index (χ1n) is 7.19. The van der Waals surface area contributed by atoms with Crippen molar-refractivity contribution in [2.24, 2.45) is 4.99 Å². The van der Waals surface area contributed by atoms with Gasteiger partial charge in [0, 0.05) is 39.1 Å². The zero-order valence-corrected chi connectivity index (χ0v) is 12.5. The Kier molecular flexibility index (Phi) is 5.94. The molecule has 1 heterocycles. The van der Waals surface area contributed by atoms with Gasteiger partial charge in [-0.15, -0.1) is 0 Å². The van der Waals surface area contributed by atoms with E-state index in [4.69, 9.17) is 0 Å². The predicted octanol–water partition coefficient (Wildman–Crippen LogP) is 2.17. The van der Waals surface area contributed by atoms with E-state index in [9.17, 15) is 8.78 Å². The molecule has 0 aliphatic heterocycles. The zero-order valence-electron chi connectivity index (χ0n) is 12.5. The molecule has 0 bridgehead atoms. The van der Waals surface area contributed by atoms with E-state index >= 15 is 0 Å². The van der Waals surface area contributed by atoms with Gasteiger partial charge in [-0.25, -0.2) is 8.78 Å². The Morgan fingerprint density at radius 3 is 2.55 bits per heavy atom. The molecule has 0 atom stereocenters. The molecule has 2 rings (SSSR count). The fraction of sp³-hybridized carbons (Fsp3) is 0.312. The van der Waals surface area contributed by atoms with Crippen LogP contribution in [-0.2, 0) is 13.0 Å². The molecule has 0 amide bonds. The van der Waals surface area contributed by atoms with E-state index in [1.165, 1.54) is 6.07 Å². The topological polar surface area (TPSA) is 41.4 Å². The average molecular weight is 306 g/mol. The highest BCUT2D eigenvalue weighted by molar-refractivity contribution is 5.79. The summed E-state index contributed by atoms with van der Waals surface area (Å²) in [7, 11) is 1.67. The molecule has 6 heteroatoms. The van der Waals surface area contributed by atoms with Gasteiger partial charge in [0.1, 0.15) is 0 Å². The van der Waals surface area contributed by atoms with E-state index in [1.54, 1.807) is 13.1 Å². The highest BCUT2D eigenvalue weighted by Gasteiger charge is 2.07. The lowest BCUT2D eigenvalue weighted by Gasteiger charge is -2.12. The van der Waals surface area contributed by atoms with Gasteiger partial charge in [-0.3, -0.25) is 4.99 Å². The van der Waals surface area contributed by atoms with Crippen molar-refractivity contribution in [3.05, 3.63) is 59.9 Å². The Balaban J connectivity index is 1.73. The van der Waals surface area contributed by atoms with E-state index in [2.05, 4.69) is 20.2 Å². The maximum atomic E-state index is 13.5. The third-order valence-corrected chi connectivity index (χ3v) is 3.27. The lowest BCUT2D eigenvalue weighted by Crippen LogP contribution is -2.39. The molecule has 0 spiro atoms. The van der Waals surface area contributed by atoms with Crippen LogP contribution in [0.25, 0.3) is 0 Å². The molecular weight excluding hydrogens is 286 g/mol. The molecule has 0 fully saturated rings. The van der Waals surface area contributed by atoms with Crippen molar-refractivity contribution in [2.75, 3.05) is 20.1 Å². The Labute approximate surface area is 128 Å². The van der Waals surface area contributed by atoms with Crippen molar-refractivity contribution >= 4 is 5.96 Å². The molecule has 0 unspecified atom stereocenters. The van der Waals surface area contributed by atoms with Gasteiger partial charge in [0.05, 0.1) is 0 Å². The van der Waals surface area contributed by atoms with Gasteiger partial charge in [-0.2, -0.15) is 0 Å². The third-order valence-electron chi connectivity index (χ3n) is 3.27. The number of aliphatic imine (C=N–C) groups is 1. The van der Waals surface area contributed by atoms with Gasteiger partial charge in [0.15, 0.2) is 17.6 Å². The van der Waals surface area contributed by atoms with Crippen LogP contribution < -0.4 is 10.6 Å². The van der Waals surface area contributed by atoms with Crippen LogP contribution in [0.2, 0.25) is 0 Å². The van der Waals surface area contributed by atoms with Crippen molar-refractivity contribution in [1.82, 2.24) is 15.2 Å². The molecule has 22 heavy (non-hydrogen) atoms. The molecule has 0 radical (unpaired) electrons. The number of rotatable bonds is 6. The van der Waals surface area contributed by atoms with E-state index < -0.39 is 11.6 Å². The molecule has 118 valence electrons. The second-order valence-corrected chi connectivity index (χ2v) is 4.81. The fourth-order valence-corrected chi connectivity index (χ4v) is 2.10. The maximum Gasteiger partial charge on any atom is 0.191 e. The van der Waals surface area contributed by atoms with Gasteiger partial charge in [0.25, 0.3) is 0 Å². The van der Waals surface area contributed by atoms with Gasteiger partial charge in [0.2, 0.25) is 0 Å². The van der Waals surface area contributed by atoms with Crippen molar-refractivity contribution in [3.8, 4) is 0 Å². The molecular formula is C16H20F2N4. The lowest BCUT2D eigenvalue weighted by atomic mass is 10.1. The summed E-state index contributed by atoms with van der Waals surface area (Å²) in [6, 6.07) is 8.16. The Hall–Kier alpha value is -2.37. The highest BCUT2D eigenvalue weighted by atomic mass is 19.2. The standard InChI is InChI=1S/C16H20F2N4/c1-19-16(21-9-12-22-10-2-3-11-22)20-8-7-13-5-4-6-14(17)15(13)18/h2-6,10-11H,7-9,12H2,1H3,(H2,19,20,21). The minimum Gasteiger partial charge on any atom is -0.356 e. The first-order chi connectivity index (χ1) is 10.7. The highest BCUT2D eigenvalue weighted by Crippen LogP contribution is 2.11. The molecule has 0 saturated heterocycles. The minimum absolute atomic E-state index is 0.357. The summed E-state index contributed by atoms with van der Waals surface area (Å²) in [5.41, 5.74) is 0.357. The van der Waals surface area contributed by atoms with Crippen LogP contribution in [0.5, 0.6) is 0 Å². The number of nitrogens with one attached hydrogen (secondary N) is 2. The average Bonchev–Trinajstić information content (AvgIpc) is 3.03. The summed E-state index contributed by atoms with van der Waals surface area (Å²) in [5, 5.41) is 6.26. The summed E-state index contributed by atoms with van der Waals surface area (Å²) in [6.07, 6.45) is 4.37. The SMILES string of the molecule is CN=C(NCCc1cccc(F)c1F)NCCn1cccc1. The minimum atomic E-state index is -0.813. The normalized spacial score (nSPS) is 11.5. The summed E-state index contributed by atoms with van der Waals surface area (Å²) in [4.78, 5) is 4.10. The first kappa shape index (κ1) is 16.0. The largest absolute Gasteiger partial charge is 0.356 e. The third kappa shape index (κ3) is 4.58. The number of benzene rings is 1. The van der Waals surface area contributed by atoms with Gasteiger partial charge in [-0.05, 0) is 30.2 Å². The Morgan fingerprint density at radius 2 is 1.82 bits per heavy atom. The van der Waals surface area contributed by atoms with Crippen LogP contribution in [0, 0.1) is 11.6 Å². The first-order valence-corrected chi connectivity index (χ1v) is 7.19. The predicted molar refractivity (Wildman–Crippen MR) is 83.9 cm³/mol. The summed E-state index contributed by atoms with van der Waals surface area (Å²) >= 11 is 0. The molecule has 1 aromatic heterocycles. The van der Waals surface area contributed by atoms with Crippen molar-refractivity contribution in [1.29, 1.82) is 0 Å². The zero-order chi connectivity index (χ0) is 15.8. The van der Waals surface area contributed by atoms with E-state index in [1.807, 2.05) is 24.5 Å². The maximum absolute atomic E-state index is 13.5. The summed E-state index contributed by atoms with van der Waals surface area (Å²) in [5.74, 6) is -0.949. The monoisotopic (exact) mass is 306 g/mol. The number of hydrogen-bond acceptors (Lipinski definition) is 1. The van der Waals surface area contributed by atoms with Crippen molar-refractivity contribution < 1.29 is 8.78 Å². The lowest BCUT2D eigenvalue weighted by molar-refractivity contribution is 0.498. The number of aromatic nitrogens is 1. The second kappa shape index (κ2) is 8.17. The van der Waals surface area contributed by atoms with Crippen molar-refractivity contribution in [3.63, 3.8) is 0 Å². The van der Waals surface area contributed by atoms with Crippen molar-refractivity contribution in [2.45, 2.75) is 13.0 Å². The molecule has 1 aromatic carbocycles.